The monoisotopic (exact) mass is 280 g/mol. The lowest BCUT2D eigenvalue weighted by Gasteiger charge is -2.25. The molecule has 19 heavy (non-hydrogen) atoms. The highest BCUT2D eigenvalue weighted by Gasteiger charge is 2.34. The molecule has 4 heteroatoms. The third-order valence-electron chi connectivity index (χ3n) is 3.32. The first-order valence-corrected chi connectivity index (χ1v) is 6.76. The minimum absolute atomic E-state index is 0.135. The van der Waals surface area contributed by atoms with Crippen molar-refractivity contribution in [3.63, 3.8) is 0 Å². The van der Waals surface area contributed by atoms with E-state index < -0.39 is 5.60 Å². The van der Waals surface area contributed by atoms with Crippen LogP contribution in [-0.4, -0.2) is 18.0 Å². The molecule has 0 aliphatic carbocycles. The lowest BCUT2D eigenvalue weighted by atomic mass is 9.95. The van der Waals surface area contributed by atoms with Gasteiger partial charge in [0.2, 0.25) is 5.78 Å². The number of fused-ring (bicyclic) bond motifs is 1. The highest BCUT2D eigenvalue weighted by Crippen LogP contribution is 2.28. The first-order valence-electron chi connectivity index (χ1n) is 6.38. The van der Waals surface area contributed by atoms with Gasteiger partial charge in [-0.05, 0) is 44.5 Å². The maximum atomic E-state index is 12.5. The number of hydrogen-bond donors (Lipinski definition) is 0. The van der Waals surface area contributed by atoms with Crippen LogP contribution in [-0.2, 0) is 4.74 Å². The largest absolute Gasteiger partial charge is 0.453 e. The molecule has 0 N–H and O–H groups in total. The fourth-order valence-corrected chi connectivity index (χ4v) is 2.21. The number of Topliss-reactive ketones (excluding diaryl/α,β-unsaturated/α-hetero) is 1. The van der Waals surface area contributed by atoms with E-state index in [0.717, 1.165) is 5.39 Å². The molecule has 0 aliphatic heterocycles. The molecule has 1 heterocycles. The Labute approximate surface area is 117 Å². The maximum Gasteiger partial charge on any atom is 0.229 e. The number of benzene rings is 1. The molecule has 0 radical (unpaired) electrons. The van der Waals surface area contributed by atoms with Crippen molar-refractivity contribution in [2.24, 2.45) is 0 Å². The van der Waals surface area contributed by atoms with Crippen LogP contribution in [0.4, 0.5) is 0 Å². The summed E-state index contributed by atoms with van der Waals surface area (Å²) in [7, 11) is 0. The van der Waals surface area contributed by atoms with E-state index in [1.807, 2.05) is 13.8 Å². The van der Waals surface area contributed by atoms with Crippen molar-refractivity contribution in [2.45, 2.75) is 32.8 Å². The molecular weight excluding hydrogens is 264 g/mol. The smallest absolute Gasteiger partial charge is 0.229 e. The second-order valence-electron chi connectivity index (χ2n) is 4.64. The van der Waals surface area contributed by atoms with Gasteiger partial charge in [0, 0.05) is 17.0 Å². The average molecular weight is 281 g/mol. The molecule has 3 nitrogen and oxygen atoms in total. The standard InChI is InChI=1S/C15H17ClO3/c1-4-15(3,18-5-2)14(17)13-9-10-8-11(16)6-7-12(10)19-13/h6-9H,4-5H2,1-3H3. The highest BCUT2D eigenvalue weighted by atomic mass is 35.5. The minimum atomic E-state index is -0.841. The Morgan fingerprint density at radius 2 is 2.11 bits per heavy atom. The van der Waals surface area contributed by atoms with E-state index in [0.29, 0.717) is 29.4 Å². The second-order valence-corrected chi connectivity index (χ2v) is 5.08. The zero-order chi connectivity index (χ0) is 14.0. The van der Waals surface area contributed by atoms with Crippen molar-refractivity contribution in [3.05, 3.63) is 35.0 Å². The Hall–Kier alpha value is -1.32. The molecular formula is C15H17ClO3. The van der Waals surface area contributed by atoms with Crippen molar-refractivity contribution in [1.82, 2.24) is 0 Å². The summed E-state index contributed by atoms with van der Waals surface area (Å²) in [5.41, 5.74) is -0.186. The van der Waals surface area contributed by atoms with Crippen molar-refractivity contribution < 1.29 is 13.9 Å². The van der Waals surface area contributed by atoms with Crippen LogP contribution < -0.4 is 0 Å². The summed E-state index contributed by atoms with van der Waals surface area (Å²) in [4.78, 5) is 12.5. The molecule has 0 saturated heterocycles. The predicted octanol–water partition coefficient (Wildman–Crippen LogP) is 4.47. The van der Waals surface area contributed by atoms with Crippen molar-refractivity contribution in [2.75, 3.05) is 6.61 Å². The Bertz CT molecular complexity index is 602. The quantitative estimate of drug-likeness (QED) is 0.758. The summed E-state index contributed by atoms with van der Waals surface area (Å²) < 4.78 is 11.2. The molecule has 0 bridgehead atoms. The van der Waals surface area contributed by atoms with Crippen molar-refractivity contribution in [1.29, 1.82) is 0 Å². The molecule has 102 valence electrons. The molecule has 0 saturated carbocycles. The first-order chi connectivity index (χ1) is 9.00. The third kappa shape index (κ3) is 2.67. The van der Waals surface area contributed by atoms with Gasteiger partial charge in [-0.25, -0.2) is 0 Å². The lowest BCUT2D eigenvalue weighted by molar-refractivity contribution is -0.0132. The number of halogens is 1. The summed E-state index contributed by atoms with van der Waals surface area (Å²) in [5, 5.41) is 1.45. The van der Waals surface area contributed by atoms with Crippen LogP contribution in [0.2, 0.25) is 5.02 Å². The normalized spacial score (nSPS) is 14.5. The summed E-state index contributed by atoms with van der Waals surface area (Å²) in [6.07, 6.45) is 0.595. The van der Waals surface area contributed by atoms with Gasteiger partial charge in [0.25, 0.3) is 0 Å². The van der Waals surface area contributed by atoms with E-state index in [2.05, 4.69) is 0 Å². The van der Waals surface area contributed by atoms with E-state index in [4.69, 9.17) is 20.8 Å². The molecule has 2 aromatic rings. The van der Waals surface area contributed by atoms with Crippen LogP contribution in [0.25, 0.3) is 11.0 Å². The van der Waals surface area contributed by atoms with E-state index in [-0.39, 0.29) is 5.78 Å². The van der Waals surface area contributed by atoms with Crippen LogP contribution >= 0.6 is 11.6 Å². The predicted molar refractivity (Wildman–Crippen MR) is 75.9 cm³/mol. The van der Waals surface area contributed by atoms with E-state index >= 15 is 0 Å². The van der Waals surface area contributed by atoms with Gasteiger partial charge in [0.15, 0.2) is 5.76 Å². The van der Waals surface area contributed by atoms with Crippen LogP contribution in [0.1, 0.15) is 37.7 Å². The Kier molecular flexibility index (Phi) is 3.97. The summed E-state index contributed by atoms with van der Waals surface area (Å²) in [5.74, 6) is 0.180. The zero-order valence-corrected chi connectivity index (χ0v) is 12.1. The molecule has 0 aliphatic rings. The first kappa shape index (κ1) is 14.1. The van der Waals surface area contributed by atoms with Gasteiger partial charge in [-0.1, -0.05) is 18.5 Å². The lowest BCUT2D eigenvalue weighted by Crippen LogP contribution is -2.37. The van der Waals surface area contributed by atoms with Crippen molar-refractivity contribution >= 4 is 28.4 Å². The van der Waals surface area contributed by atoms with E-state index in [9.17, 15) is 4.79 Å². The molecule has 0 fully saturated rings. The topological polar surface area (TPSA) is 39.4 Å². The van der Waals surface area contributed by atoms with Gasteiger partial charge >= 0.3 is 0 Å². The maximum absolute atomic E-state index is 12.5. The van der Waals surface area contributed by atoms with Crippen LogP contribution in [0, 0.1) is 0 Å². The van der Waals surface area contributed by atoms with Gasteiger partial charge in [-0.15, -0.1) is 0 Å². The average Bonchev–Trinajstić information content (AvgIpc) is 2.80. The Morgan fingerprint density at radius 3 is 2.74 bits per heavy atom. The number of rotatable bonds is 5. The van der Waals surface area contributed by atoms with Crippen LogP contribution in [0.5, 0.6) is 0 Å². The number of carbonyl (C=O) groups excluding carboxylic acids is 1. The van der Waals surface area contributed by atoms with Gasteiger partial charge in [-0.3, -0.25) is 4.79 Å². The van der Waals surface area contributed by atoms with Crippen LogP contribution in [0.3, 0.4) is 0 Å². The number of hydrogen-bond acceptors (Lipinski definition) is 3. The molecule has 0 spiro atoms. The Morgan fingerprint density at radius 1 is 1.37 bits per heavy atom. The van der Waals surface area contributed by atoms with Gasteiger partial charge in [0.1, 0.15) is 11.2 Å². The SMILES string of the molecule is CCOC(C)(CC)C(=O)c1cc2cc(Cl)ccc2o1. The fraction of sp³-hybridized carbons (Fsp3) is 0.400. The van der Waals surface area contributed by atoms with Gasteiger partial charge in [-0.2, -0.15) is 0 Å². The Balaban J connectivity index is 2.40. The fourth-order valence-electron chi connectivity index (χ4n) is 2.03. The van der Waals surface area contributed by atoms with Crippen molar-refractivity contribution in [3.8, 4) is 0 Å². The molecule has 1 aromatic heterocycles. The second kappa shape index (κ2) is 5.35. The van der Waals surface area contributed by atoms with Gasteiger partial charge < -0.3 is 9.15 Å². The van der Waals surface area contributed by atoms with Gasteiger partial charge in [0.05, 0.1) is 0 Å². The van der Waals surface area contributed by atoms with Crippen LogP contribution in [0.15, 0.2) is 28.7 Å². The molecule has 1 unspecified atom stereocenters. The van der Waals surface area contributed by atoms with E-state index in [1.165, 1.54) is 0 Å². The highest BCUT2D eigenvalue weighted by molar-refractivity contribution is 6.31. The summed E-state index contributed by atoms with van der Waals surface area (Å²) >= 11 is 5.92. The third-order valence-corrected chi connectivity index (χ3v) is 3.56. The molecule has 1 aromatic carbocycles. The molecule has 2 rings (SSSR count). The number of carbonyl (C=O) groups is 1. The number of ketones is 1. The summed E-state index contributed by atoms with van der Waals surface area (Å²) in [6.45, 7) is 6.08. The molecule has 0 amide bonds. The number of furan rings is 1. The summed E-state index contributed by atoms with van der Waals surface area (Å²) in [6, 6.07) is 7.00. The minimum Gasteiger partial charge on any atom is -0.453 e. The zero-order valence-electron chi connectivity index (χ0n) is 11.3. The van der Waals surface area contributed by atoms with E-state index in [1.54, 1.807) is 31.2 Å². The number of ether oxygens (including phenoxy) is 1. The molecule has 1 atom stereocenters.